The Labute approximate surface area is 159 Å². The number of nitrogens with zero attached hydrogens (tertiary/aromatic N) is 5. The third kappa shape index (κ3) is 3.91. The minimum absolute atomic E-state index is 0.0504. The highest BCUT2D eigenvalue weighted by atomic mass is 19.4. The molecule has 0 fully saturated rings. The molecule has 1 aromatic carbocycles. The molecule has 3 rings (SSSR count). The lowest BCUT2D eigenvalue weighted by Gasteiger charge is -2.14. The number of aryl methyl sites for hydroxylation is 1. The Morgan fingerprint density at radius 2 is 1.82 bits per heavy atom. The van der Waals surface area contributed by atoms with Crippen molar-refractivity contribution in [3.05, 3.63) is 52.1 Å². The average molecular weight is 396 g/mol. The van der Waals surface area contributed by atoms with Gasteiger partial charge in [-0.1, -0.05) is 12.1 Å². The van der Waals surface area contributed by atoms with Crippen LogP contribution in [0, 0.1) is 19.7 Å². The van der Waals surface area contributed by atoms with Crippen LogP contribution in [0.5, 0.6) is 0 Å². The van der Waals surface area contributed by atoms with E-state index in [0.29, 0.717) is 33.3 Å². The summed E-state index contributed by atoms with van der Waals surface area (Å²) in [6.45, 7) is 4.07. The van der Waals surface area contributed by atoms with Crippen LogP contribution in [0.15, 0.2) is 18.2 Å². The topological polar surface area (TPSA) is 58.4 Å². The van der Waals surface area contributed by atoms with Crippen LogP contribution in [0.25, 0.3) is 5.65 Å². The number of anilines is 1. The molecule has 0 aliphatic heterocycles. The fourth-order valence-electron chi connectivity index (χ4n) is 2.83. The smallest absolute Gasteiger partial charge is 0.364 e. The molecule has 3 aromatic rings. The molecule has 0 spiro atoms. The summed E-state index contributed by atoms with van der Waals surface area (Å²) in [4.78, 5) is 1.86. The van der Waals surface area contributed by atoms with Gasteiger partial charge in [0.2, 0.25) is 0 Å². The zero-order chi connectivity index (χ0) is 20.6. The summed E-state index contributed by atoms with van der Waals surface area (Å²) in [5, 5.41) is 13.8. The van der Waals surface area contributed by atoms with Crippen LogP contribution in [0.4, 0.5) is 23.4 Å². The molecule has 150 valence electrons. The van der Waals surface area contributed by atoms with E-state index in [1.54, 1.807) is 26.0 Å². The van der Waals surface area contributed by atoms with Crippen molar-refractivity contribution in [2.24, 2.45) is 0 Å². The molecule has 0 saturated heterocycles. The van der Waals surface area contributed by atoms with Crippen molar-refractivity contribution in [2.75, 3.05) is 19.4 Å². The molecule has 0 aliphatic rings. The molecule has 0 unspecified atom stereocenters. The molecular weight excluding hydrogens is 376 g/mol. The maximum atomic E-state index is 14.2. The largest absolute Gasteiger partial charge is 0.453 e. The van der Waals surface area contributed by atoms with Crippen molar-refractivity contribution in [3.8, 4) is 0 Å². The average Bonchev–Trinajstić information content (AvgIpc) is 3.03. The molecule has 0 bridgehead atoms. The summed E-state index contributed by atoms with van der Waals surface area (Å²) >= 11 is 0. The van der Waals surface area contributed by atoms with Crippen LogP contribution in [-0.4, -0.2) is 38.8 Å². The lowest BCUT2D eigenvalue weighted by Crippen LogP contribution is -2.15. The number of benzene rings is 1. The van der Waals surface area contributed by atoms with E-state index < -0.39 is 12.0 Å². The molecule has 10 heteroatoms. The Morgan fingerprint density at radius 3 is 2.43 bits per heavy atom. The van der Waals surface area contributed by atoms with Crippen LogP contribution >= 0.6 is 0 Å². The second-order valence-electron chi connectivity index (χ2n) is 6.87. The Bertz CT molecular complexity index is 1010. The molecule has 0 aliphatic carbocycles. The van der Waals surface area contributed by atoms with Crippen molar-refractivity contribution in [3.63, 3.8) is 0 Å². The minimum atomic E-state index is -4.67. The number of hydrogen-bond acceptors (Lipinski definition) is 5. The van der Waals surface area contributed by atoms with E-state index in [1.807, 2.05) is 19.0 Å². The second kappa shape index (κ2) is 7.34. The first kappa shape index (κ1) is 20.0. The van der Waals surface area contributed by atoms with Crippen molar-refractivity contribution >= 4 is 11.5 Å². The van der Waals surface area contributed by atoms with Crippen LogP contribution in [0.3, 0.4) is 0 Å². The Hall–Kier alpha value is -2.75. The first-order chi connectivity index (χ1) is 13.1. The van der Waals surface area contributed by atoms with Gasteiger partial charge >= 0.3 is 6.18 Å². The van der Waals surface area contributed by atoms with E-state index in [-0.39, 0.29) is 23.8 Å². The Balaban J connectivity index is 1.88. The summed E-state index contributed by atoms with van der Waals surface area (Å²) in [5.41, 5.74) is 2.46. The van der Waals surface area contributed by atoms with E-state index in [0.717, 1.165) is 0 Å². The molecule has 28 heavy (non-hydrogen) atoms. The fourth-order valence-corrected chi connectivity index (χ4v) is 2.83. The van der Waals surface area contributed by atoms with Crippen molar-refractivity contribution < 1.29 is 17.6 Å². The summed E-state index contributed by atoms with van der Waals surface area (Å²) in [6, 6.07) is 4.88. The van der Waals surface area contributed by atoms with Gasteiger partial charge in [0.25, 0.3) is 5.82 Å². The molecule has 0 atom stereocenters. The van der Waals surface area contributed by atoms with Gasteiger partial charge in [-0.2, -0.15) is 17.7 Å². The molecule has 0 radical (unpaired) electrons. The number of alkyl halides is 3. The highest BCUT2D eigenvalue weighted by Gasteiger charge is 2.38. The number of nitrogens with one attached hydrogen (secondary N) is 1. The standard InChI is InChI=1S/C18H20F4N6/c1-10-11(2)16-24-25-17(18(20,21)22)28(16)26-15(10)23-8-12-5-6-13(9-27(3)4)14(19)7-12/h5-7H,8-9H2,1-4H3,(H,23,26). The van der Waals surface area contributed by atoms with E-state index in [1.165, 1.54) is 6.07 Å². The summed E-state index contributed by atoms with van der Waals surface area (Å²) in [6.07, 6.45) is -4.67. The number of aromatic nitrogens is 4. The van der Waals surface area contributed by atoms with Gasteiger partial charge in [0, 0.05) is 24.2 Å². The van der Waals surface area contributed by atoms with Crippen LogP contribution in [0.2, 0.25) is 0 Å². The van der Waals surface area contributed by atoms with E-state index in [9.17, 15) is 17.6 Å². The zero-order valence-corrected chi connectivity index (χ0v) is 15.9. The molecule has 0 saturated carbocycles. The van der Waals surface area contributed by atoms with Gasteiger partial charge in [0.1, 0.15) is 5.82 Å². The van der Waals surface area contributed by atoms with Crippen molar-refractivity contribution in [1.82, 2.24) is 24.7 Å². The van der Waals surface area contributed by atoms with Crippen LogP contribution in [0.1, 0.15) is 28.1 Å². The highest BCUT2D eigenvalue weighted by molar-refractivity contribution is 5.58. The summed E-state index contributed by atoms with van der Waals surface area (Å²) < 4.78 is 54.2. The highest BCUT2D eigenvalue weighted by Crippen LogP contribution is 2.29. The lowest BCUT2D eigenvalue weighted by atomic mass is 10.1. The molecular formula is C18H20F4N6. The minimum Gasteiger partial charge on any atom is -0.364 e. The third-order valence-corrected chi connectivity index (χ3v) is 4.41. The molecule has 1 N–H and O–H groups in total. The maximum Gasteiger partial charge on any atom is 0.453 e. The predicted octanol–water partition coefficient (Wildman–Crippen LogP) is 3.57. The van der Waals surface area contributed by atoms with Gasteiger partial charge < -0.3 is 10.2 Å². The molecule has 2 heterocycles. The first-order valence-electron chi connectivity index (χ1n) is 8.53. The van der Waals surface area contributed by atoms with Crippen LogP contribution < -0.4 is 5.32 Å². The van der Waals surface area contributed by atoms with Gasteiger partial charge in [0.05, 0.1) is 0 Å². The molecule has 6 nitrogen and oxygen atoms in total. The van der Waals surface area contributed by atoms with Gasteiger partial charge in [0.15, 0.2) is 11.5 Å². The van der Waals surface area contributed by atoms with Gasteiger partial charge in [-0.05, 0) is 45.1 Å². The molecule has 0 amide bonds. The van der Waals surface area contributed by atoms with E-state index in [2.05, 4.69) is 20.6 Å². The molecule has 2 aromatic heterocycles. The second-order valence-corrected chi connectivity index (χ2v) is 6.87. The van der Waals surface area contributed by atoms with E-state index in [4.69, 9.17) is 0 Å². The van der Waals surface area contributed by atoms with Gasteiger partial charge in [-0.3, -0.25) is 0 Å². The predicted molar refractivity (Wildman–Crippen MR) is 96.4 cm³/mol. The quantitative estimate of drug-likeness (QED) is 0.668. The first-order valence-corrected chi connectivity index (χ1v) is 8.53. The van der Waals surface area contributed by atoms with Crippen LogP contribution in [-0.2, 0) is 19.3 Å². The monoisotopic (exact) mass is 396 g/mol. The number of rotatable bonds is 5. The van der Waals surface area contributed by atoms with Gasteiger partial charge in [-0.25, -0.2) is 4.39 Å². The summed E-state index contributed by atoms with van der Waals surface area (Å²) in [7, 11) is 3.70. The fraction of sp³-hybridized carbons (Fsp3) is 0.389. The zero-order valence-electron chi connectivity index (χ0n) is 15.9. The van der Waals surface area contributed by atoms with Gasteiger partial charge in [-0.15, -0.1) is 15.3 Å². The number of fused-ring (bicyclic) bond motifs is 1. The maximum absolute atomic E-state index is 14.2. The van der Waals surface area contributed by atoms with E-state index >= 15 is 0 Å². The Kier molecular flexibility index (Phi) is 5.24. The normalized spacial score (nSPS) is 12.2. The lowest BCUT2D eigenvalue weighted by molar-refractivity contribution is -0.146. The van der Waals surface area contributed by atoms with Crippen molar-refractivity contribution in [1.29, 1.82) is 0 Å². The third-order valence-electron chi connectivity index (χ3n) is 4.41. The van der Waals surface area contributed by atoms with Crippen molar-refractivity contribution in [2.45, 2.75) is 33.1 Å². The number of halogens is 4. The SMILES string of the molecule is Cc1c(NCc2ccc(CN(C)C)c(F)c2)nn2c(C(F)(F)F)nnc2c1C. The number of hydrogen-bond donors (Lipinski definition) is 1. The Morgan fingerprint density at radius 1 is 1.11 bits per heavy atom. The summed E-state index contributed by atoms with van der Waals surface area (Å²) in [5.74, 6) is -1.26.